The van der Waals surface area contributed by atoms with Gasteiger partial charge in [0.1, 0.15) is 11.2 Å². The van der Waals surface area contributed by atoms with Crippen molar-refractivity contribution in [3.05, 3.63) is 287 Å². The molecule has 12 aromatic carbocycles. The zero-order valence-electron chi connectivity index (χ0n) is 52.4. The van der Waals surface area contributed by atoms with E-state index in [0.717, 1.165) is 92.9 Å². The number of aryl methyl sites for hydroxylation is 2. The monoisotopic (exact) mass is 1180 g/mol. The highest BCUT2D eigenvalue weighted by Crippen LogP contribution is 2.63. The van der Waals surface area contributed by atoms with E-state index in [4.69, 9.17) is 8.83 Å². The summed E-state index contributed by atoms with van der Waals surface area (Å²) in [5.41, 5.74) is 22.3. The largest absolute Gasteiger partial charge is 0.454 e. The van der Waals surface area contributed by atoms with Crippen molar-refractivity contribution < 1.29 is 8.83 Å². The quantitative estimate of drug-likeness (QED) is 0.109. The van der Waals surface area contributed by atoms with Crippen LogP contribution in [0.15, 0.2) is 251 Å². The Morgan fingerprint density at radius 3 is 1.08 bits per heavy atom. The van der Waals surface area contributed by atoms with Gasteiger partial charge in [0.05, 0.1) is 28.2 Å². The van der Waals surface area contributed by atoms with Gasteiger partial charge in [0.25, 0.3) is 0 Å². The van der Waals surface area contributed by atoms with E-state index in [-0.39, 0.29) is 0 Å². The first-order valence-electron chi connectivity index (χ1n) is 34.0. The lowest BCUT2D eigenvalue weighted by Crippen LogP contribution is -2.29. The van der Waals surface area contributed by atoms with Crippen LogP contribution in [-0.2, 0) is 18.3 Å². The highest BCUT2D eigenvalue weighted by atomic mass is 16.3. The average molecular weight is 1180 g/mol. The van der Waals surface area contributed by atoms with Gasteiger partial charge in [-0.2, -0.15) is 0 Å². The van der Waals surface area contributed by atoms with Gasteiger partial charge in [0.15, 0.2) is 11.2 Å². The zero-order valence-corrected chi connectivity index (χ0v) is 52.4. The Labute approximate surface area is 534 Å². The molecule has 4 nitrogen and oxygen atoms in total. The van der Waals surface area contributed by atoms with Gasteiger partial charge in [0.2, 0.25) is 0 Å². The van der Waals surface area contributed by atoms with Gasteiger partial charge in [-0.3, -0.25) is 0 Å². The number of hydrogen-bond donors (Lipinski definition) is 0. The number of fused-ring (bicyclic) bond motifs is 13. The molecule has 2 saturated carbocycles. The van der Waals surface area contributed by atoms with Crippen molar-refractivity contribution in [3.63, 3.8) is 0 Å². The van der Waals surface area contributed by atoms with Crippen LogP contribution >= 0.6 is 0 Å². The van der Waals surface area contributed by atoms with Crippen LogP contribution < -0.4 is 9.80 Å². The van der Waals surface area contributed by atoms with Crippen LogP contribution in [0.4, 0.5) is 34.1 Å². The minimum atomic E-state index is -0.821. The Kier molecular flexibility index (Phi) is 14.0. The molecule has 0 radical (unpaired) electrons. The molecule has 0 atom stereocenters. The summed E-state index contributed by atoms with van der Waals surface area (Å²) >= 11 is 0. The van der Waals surface area contributed by atoms with Crippen molar-refractivity contribution >= 4 is 99.5 Å². The van der Waals surface area contributed by atoms with Gasteiger partial charge >= 0.3 is 0 Å². The maximum atomic E-state index is 7.49. The van der Waals surface area contributed by atoms with E-state index in [9.17, 15) is 0 Å². The van der Waals surface area contributed by atoms with Gasteiger partial charge in [-0.15, -0.1) is 0 Å². The fourth-order valence-corrected chi connectivity index (χ4v) is 17.0. The van der Waals surface area contributed by atoms with Gasteiger partial charge in [-0.1, -0.05) is 259 Å². The number of rotatable bonds is 14. The lowest BCUT2D eigenvalue weighted by molar-refractivity contribution is 0.442. The number of hydrogen-bond acceptors (Lipinski definition) is 4. The third-order valence-corrected chi connectivity index (χ3v) is 21.1. The van der Waals surface area contributed by atoms with Gasteiger partial charge in [-0.05, 0) is 165 Å². The van der Waals surface area contributed by atoms with Crippen LogP contribution in [0.25, 0.3) is 76.5 Å². The fourth-order valence-electron chi connectivity index (χ4n) is 17.0. The molecule has 2 fully saturated rings. The molecule has 0 spiro atoms. The molecule has 0 N–H and O–H groups in total. The molecule has 91 heavy (non-hydrogen) atoms. The summed E-state index contributed by atoms with van der Waals surface area (Å²) < 4.78 is 15.0. The van der Waals surface area contributed by atoms with Gasteiger partial charge in [0, 0.05) is 43.7 Å². The van der Waals surface area contributed by atoms with Crippen molar-refractivity contribution in [2.75, 3.05) is 9.80 Å². The second-order valence-corrected chi connectivity index (χ2v) is 26.3. The molecule has 2 aromatic heterocycles. The first-order chi connectivity index (χ1) is 45.1. The lowest BCUT2D eigenvalue weighted by atomic mass is 9.67. The van der Waals surface area contributed by atoms with Crippen LogP contribution in [0.1, 0.15) is 147 Å². The molecular weight excluding hydrogens is 1100 g/mol. The maximum absolute atomic E-state index is 7.49. The van der Waals surface area contributed by atoms with Gasteiger partial charge < -0.3 is 18.6 Å². The van der Waals surface area contributed by atoms with Crippen molar-refractivity contribution in [3.8, 4) is 11.1 Å². The molecular formula is C87H76N2O2. The predicted octanol–water partition coefficient (Wildman–Crippen LogP) is 25.1. The molecule has 0 amide bonds. The SMILES string of the molecule is CCCc1ccc(N(c2cc3c(c4ccccc24)-c2c(cc(N(c4ccc(CCC)cc4)c4cccc5c4oc4c(C6CCCCC6)cccc45)c4ccccc24)C3(c2ccccc2)c2ccccc2)c2cccc3c2oc2c(C4CCCCC4)cccc23)cc1. The summed E-state index contributed by atoms with van der Waals surface area (Å²) in [6.45, 7) is 4.54. The molecule has 0 unspecified atom stereocenters. The number of nitrogens with zero attached hydrogens (tertiary/aromatic N) is 2. The Morgan fingerprint density at radius 2 is 0.681 bits per heavy atom. The number of anilines is 6. The van der Waals surface area contributed by atoms with E-state index in [1.807, 2.05) is 0 Å². The van der Waals surface area contributed by atoms with Crippen LogP contribution in [0.2, 0.25) is 0 Å². The second-order valence-electron chi connectivity index (χ2n) is 26.3. The first kappa shape index (κ1) is 55.4. The minimum absolute atomic E-state index is 0.489. The molecule has 2 heterocycles. The second kappa shape index (κ2) is 23.0. The molecule has 0 bridgehead atoms. The molecule has 0 saturated heterocycles. The van der Waals surface area contributed by atoms with Crippen LogP contribution in [0, 0.1) is 0 Å². The Hall–Kier alpha value is -9.64. The first-order valence-corrected chi connectivity index (χ1v) is 34.0. The third-order valence-electron chi connectivity index (χ3n) is 21.1. The van der Waals surface area contributed by atoms with E-state index in [0.29, 0.717) is 11.8 Å². The smallest absolute Gasteiger partial charge is 0.159 e. The van der Waals surface area contributed by atoms with E-state index < -0.39 is 5.41 Å². The van der Waals surface area contributed by atoms with Crippen molar-refractivity contribution in [2.45, 2.75) is 121 Å². The molecule has 14 aromatic rings. The third kappa shape index (κ3) is 8.98. The fraction of sp³-hybridized carbons (Fsp3) is 0.218. The summed E-state index contributed by atoms with van der Waals surface area (Å²) in [6.07, 6.45) is 16.7. The molecule has 446 valence electrons. The summed E-state index contributed by atoms with van der Waals surface area (Å²) in [5, 5.41) is 9.41. The molecule has 17 rings (SSSR count). The van der Waals surface area contributed by atoms with E-state index in [1.165, 1.54) is 152 Å². The Balaban J connectivity index is 0.971. The van der Waals surface area contributed by atoms with E-state index >= 15 is 0 Å². The van der Waals surface area contributed by atoms with Crippen LogP contribution in [0.5, 0.6) is 0 Å². The normalized spacial score (nSPS) is 15.1. The molecule has 4 heteroatoms. The van der Waals surface area contributed by atoms with Gasteiger partial charge in [-0.25, -0.2) is 0 Å². The maximum Gasteiger partial charge on any atom is 0.159 e. The summed E-state index contributed by atoms with van der Waals surface area (Å²) in [4.78, 5) is 5.07. The van der Waals surface area contributed by atoms with E-state index in [2.05, 4.69) is 266 Å². The number of para-hydroxylation sites is 4. The molecule has 0 aliphatic heterocycles. The lowest BCUT2D eigenvalue weighted by Gasteiger charge is -2.36. The van der Waals surface area contributed by atoms with Crippen LogP contribution in [-0.4, -0.2) is 0 Å². The number of furan rings is 2. The van der Waals surface area contributed by atoms with Crippen LogP contribution in [0.3, 0.4) is 0 Å². The summed E-state index contributed by atoms with van der Waals surface area (Å²) in [7, 11) is 0. The highest BCUT2D eigenvalue weighted by molar-refractivity contribution is 6.20. The Bertz CT molecular complexity index is 4720. The molecule has 3 aliphatic carbocycles. The zero-order chi connectivity index (χ0) is 60.6. The highest BCUT2D eigenvalue weighted by Gasteiger charge is 2.49. The predicted molar refractivity (Wildman–Crippen MR) is 382 cm³/mol. The molecule has 3 aliphatic rings. The van der Waals surface area contributed by atoms with Crippen molar-refractivity contribution in [1.82, 2.24) is 0 Å². The standard InChI is InChI=1S/C87H76N2O2/c1-3-25-57-47-51-63(52-48-57)88(77-45-23-43-73-71-41-21-39-65(83(71)90-85(73)77)59-27-9-5-10-28-59)79-55-75-81(69-37-19-17-35-67(69)79)82-70-38-20-18-36-68(70)80(56-76(82)87(75,61-31-13-7-14-32-61)62-33-15-8-16-34-62)89(64-53-49-58(26-4-2)50-54-64)78-46-24-44-74-72-42-22-40-66(84(72)91-86(74)78)60-29-11-6-12-30-60/h7-8,13-24,31-56,59-60H,3-6,9-12,25-30H2,1-2H3. The van der Waals surface area contributed by atoms with Crippen molar-refractivity contribution in [1.29, 1.82) is 0 Å². The summed E-state index contributed by atoms with van der Waals surface area (Å²) in [6, 6.07) is 92.7. The average Bonchev–Trinajstić information content (AvgIpc) is 1.54. The summed E-state index contributed by atoms with van der Waals surface area (Å²) in [5.74, 6) is 0.978. The number of benzene rings is 12. The topological polar surface area (TPSA) is 32.8 Å². The Morgan fingerprint density at radius 1 is 0.330 bits per heavy atom. The van der Waals surface area contributed by atoms with E-state index in [1.54, 1.807) is 0 Å². The van der Waals surface area contributed by atoms with Crippen molar-refractivity contribution in [2.24, 2.45) is 0 Å². The minimum Gasteiger partial charge on any atom is -0.454 e.